The molecule has 1 unspecified atom stereocenters. The Kier molecular flexibility index (Phi) is 5.40. The quantitative estimate of drug-likeness (QED) is 0.807. The van der Waals surface area contributed by atoms with Gasteiger partial charge in [0.05, 0.1) is 13.0 Å². The van der Waals surface area contributed by atoms with Crippen LogP contribution in [0.5, 0.6) is 5.75 Å². The number of nitrogens with one attached hydrogen (secondary N) is 1. The van der Waals surface area contributed by atoms with Gasteiger partial charge in [-0.15, -0.1) is 0 Å². The van der Waals surface area contributed by atoms with E-state index < -0.39 is 11.8 Å². The lowest BCUT2D eigenvalue weighted by Crippen LogP contribution is -2.32. The SMILES string of the molecule is COc1ccc(N2CC(C(=O)NCc3cccc(C(N)=O)c3)CC2=O)cc1. The highest BCUT2D eigenvalue weighted by molar-refractivity contribution is 6.00. The smallest absolute Gasteiger partial charge is 0.248 e. The number of hydrogen-bond donors (Lipinski definition) is 2. The van der Waals surface area contributed by atoms with Crippen LogP contribution in [0.15, 0.2) is 48.5 Å². The Labute approximate surface area is 157 Å². The Morgan fingerprint density at radius 3 is 2.63 bits per heavy atom. The summed E-state index contributed by atoms with van der Waals surface area (Å²) in [5.41, 5.74) is 7.17. The molecule has 1 fully saturated rings. The van der Waals surface area contributed by atoms with Crippen LogP contribution in [0.3, 0.4) is 0 Å². The van der Waals surface area contributed by atoms with Crippen LogP contribution in [0.1, 0.15) is 22.3 Å². The number of hydrogen-bond acceptors (Lipinski definition) is 4. The van der Waals surface area contributed by atoms with Crippen molar-refractivity contribution in [2.45, 2.75) is 13.0 Å². The maximum Gasteiger partial charge on any atom is 0.248 e. The van der Waals surface area contributed by atoms with Crippen molar-refractivity contribution < 1.29 is 19.1 Å². The zero-order chi connectivity index (χ0) is 19.4. The van der Waals surface area contributed by atoms with Gasteiger partial charge in [-0.3, -0.25) is 14.4 Å². The Morgan fingerprint density at radius 1 is 1.22 bits per heavy atom. The van der Waals surface area contributed by atoms with Crippen molar-refractivity contribution in [1.29, 1.82) is 0 Å². The second-order valence-corrected chi connectivity index (χ2v) is 6.39. The van der Waals surface area contributed by atoms with Crippen molar-refractivity contribution >= 4 is 23.4 Å². The van der Waals surface area contributed by atoms with Crippen molar-refractivity contribution in [3.8, 4) is 5.75 Å². The molecule has 0 saturated carbocycles. The number of anilines is 1. The fourth-order valence-electron chi connectivity index (χ4n) is 3.06. The first-order valence-electron chi connectivity index (χ1n) is 8.59. The summed E-state index contributed by atoms with van der Waals surface area (Å²) in [6.07, 6.45) is 0.166. The van der Waals surface area contributed by atoms with E-state index in [1.165, 1.54) is 0 Å². The molecule has 3 amide bonds. The van der Waals surface area contributed by atoms with Gasteiger partial charge in [0.1, 0.15) is 5.75 Å². The van der Waals surface area contributed by atoms with Gasteiger partial charge in [-0.2, -0.15) is 0 Å². The minimum Gasteiger partial charge on any atom is -0.497 e. The van der Waals surface area contributed by atoms with Gasteiger partial charge in [0.25, 0.3) is 0 Å². The van der Waals surface area contributed by atoms with Gasteiger partial charge in [0.15, 0.2) is 0 Å². The molecule has 1 aliphatic heterocycles. The standard InChI is InChI=1S/C20H21N3O4/c1-27-17-7-5-16(6-8-17)23-12-15(10-18(23)24)20(26)22-11-13-3-2-4-14(9-13)19(21)25/h2-9,15H,10-12H2,1H3,(H2,21,25)(H,22,26). The Balaban J connectivity index is 1.60. The Morgan fingerprint density at radius 2 is 1.96 bits per heavy atom. The minimum absolute atomic E-state index is 0.0870. The second-order valence-electron chi connectivity index (χ2n) is 6.39. The average Bonchev–Trinajstić information content (AvgIpc) is 3.08. The number of carbonyl (C=O) groups is 3. The molecule has 7 heteroatoms. The van der Waals surface area contributed by atoms with Crippen molar-refractivity contribution in [3.63, 3.8) is 0 Å². The number of amides is 3. The fraction of sp³-hybridized carbons (Fsp3) is 0.250. The summed E-state index contributed by atoms with van der Waals surface area (Å²) >= 11 is 0. The summed E-state index contributed by atoms with van der Waals surface area (Å²) in [6.45, 7) is 0.603. The van der Waals surface area contributed by atoms with E-state index in [2.05, 4.69) is 5.32 Å². The van der Waals surface area contributed by atoms with Crippen LogP contribution in [0.4, 0.5) is 5.69 Å². The molecule has 1 aliphatic rings. The Bertz CT molecular complexity index is 864. The van der Waals surface area contributed by atoms with E-state index >= 15 is 0 Å². The molecule has 0 spiro atoms. The molecular formula is C20H21N3O4. The summed E-state index contributed by atoms with van der Waals surface area (Å²) in [5.74, 6) is -0.503. The van der Waals surface area contributed by atoms with Crippen molar-refractivity contribution in [3.05, 3.63) is 59.7 Å². The predicted molar refractivity (Wildman–Crippen MR) is 100 cm³/mol. The van der Waals surface area contributed by atoms with Gasteiger partial charge >= 0.3 is 0 Å². The lowest BCUT2D eigenvalue weighted by atomic mass is 10.1. The molecule has 7 nitrogen and oxygen atoms in total. The van der Waals surface area contributed by atoms with Gasteiger partial charge in [-0.1, -0.05) is 12.1 Å². The molecule has 3 rings (SSSR count). The van der Waals surface area contributed by atoms with Gasteiger partial charge in [0, 0.05) is 30.8 Å². The third kappa shape index (κ3) is 4.25. The van der Waals surface area contributed by atoms with Crippen LogP contribution in [-0.4, -0.2) is 31.4 Å². The summed E-state index contributed by atoms with van der Waals surface area (Å²) in [6, 6.07) is 13.9. The van der Waals surface area contributed by atoms with Crippen molar-refractivity contribution in [1.82, 2.24) is 5.32 Å². The van der Waals surface area contributed by atoms with Gasteiger partial charge in [0.2, 0.25) is 17.7 Å². The molecule has 3 N–H and O–H groups in total. The van der Waals surface area contributed by atoms with Crippen LogP contribution >= 0.6 is 0 Å². The van der Waals surface area contributed by atoms with E-state index in [4.69, 9.17) is 10.5 Å². The summed E-state index contributed by atoms with van der Waals surface area (Å²) in [7, 11) is 1.58. The highest BCUT2D eigenvalue weighted by Crippen LogP contribution is 2.27. The Hall–Kier alpha value is -3.35. The first-order chi connectivity index (χ1) is 13.0. The molecular weight excluding hydrogens is 346 g/mol. The topological polar surface area (TPSA) is 102 Å². The molecule has 27 heavy (non-hydrogen) atoms. The molecule has 1 atom stereocenters. The molecule has 2 aromatic rings. The molecule has 140 valence electrons. The predicted octanol–water partition coefficient (Wildman–Crippen LogP) is 1.46. The third-order valence-electron chi connectivity index (χ3n) is 4.56. The number of primary amides is 1. The van der Waals surface area contributed by atoms with Crippen molar-refractivity contribution in [2.24, 2.45) is 11.7 Å². The van der Waals surface area contributed by atoms with Crippen LogP contribution in [-0.2, 0) is 16.1 Å². The number of rotatable bonds is 6. The number of carbonyl (C=O) groups excluding carboxylic acids is 3. The van der Waals surface area contributed by atoms with Gasteiger partial charge < -0.3 is 20.7 Å². The van der Waals surface area contributed by atoms with Crippen LogP contribution < -0.4 is 20.7 Å². The van der Waals surface area contributed by atoms with Crippen LogP contribution in [0.2, 0.25) is 0 Å². The van der Waals surface area contributed by atoms with Crippen LogP contribution in [0.25, 0.3) is 0 Å². The number of ether oxygens (including phenoxy) is 1. The number of nitrogens with zero attached hydrogens (tertiary/aromatic N) is 1. The maximum atomic E-state index is 12.5. The van der Waals surface area contributed by atoms with E-state index in [0.29, 0.717) is 17.9 Å². The van der Waals surface area contributed by atoms with Crippen LogP contribution in [0, 0.1) is 5.92 Å². The zero-order valence-corrected chi connectivity index (χ0v) is 15.0. The molecule has 0 radical (unpaired) electrons. The fourth-order valence-corrected chi connectivity index (χ4v) is 3.06. The largest absolute Gasteiger partial charge is 0.497 e. The molecule has 1 saturated heterocycles. The lowest BCUT2D eigenvalue weighted by Gasteiger charge is -2.17. The summed E-state index contributed by atoms with van der Waals surface area (Å²) < 4.78 is 5.12. The highest BCUT2D eigenvalue weighted by atomic mass is 16.5. The minimum atomic E-state index is -0.514. The van der Waals surface area contributed by atoms with E-state index in [-0.39, 0.29) is 24.8 Å². The normalized spacial score (nSPS) is 16.3. The average molecular weight is 367 g/mol. The zero-order valence-electron chi connectivity index (χ0n) is 15.0. The first-order valence-corrected chi connectivity index (χ1v) is 8.59. The molecule has 1 heterocycles. The maximum absolute atomic E-state index is 12.5. The van der Waals surface area contributed by atoms with E-state index in [0.717, 1.165) is 11.3 Å². The van der Waals surface area contributed by atoms with E-state index in [1.807, 2.05) is 0 Å². The molecule has 0 aliphatic carbocycles. The number of benzene rings is 2. The first kappa shape index (κ1) is 18.4. The molecule has 0 aromatic heterocycles. The number of nitrogens with two attached hydrogens (primary N) is 1. The summed E-state index contributed by atoms with van der Waals surface area (Å²) in [5, 5.41) is 2.83. The molecule has 2 aromatic carbocycles. The molecule has 0 bridgehead atoms. The van der Waals surface area contributed by atoms with Gasteiger partial charge in [-0.05, 0) is 42.0 Å². The highest BCUT2D eigenvalue weighted by Gasteiger charge is 2.35. The third-order valence-corrected chi connectivity index (χ3v) is 4.56. The van der Waals surface area contributed by atoms with Gasteiger partial charge in [-0.25, -0.2) is 0 Å². The lowest BCUT2D eigenvalue weighted by molar-refractivity contribution is -0.126. The second kappa shape index (κ2) is 7.90. The monoisotopic (exact) mass is 367 g/mol. The number of methoxy groups -OCH3 is 1. The summed E-state index contributed by atoms with van der Waals surface area (Å²) in [4.78, 5) is 37.6. The van der Waals surface area contributed by atoms with E-state index in [9.17, 15) is 14.4 Å². The van der Waals surface area contributed by atoms with Crippen molar-refractivity contribution in [2.75, 3.05) is 18.6 Å². The van der Waals surface area contributed by atoms with E-state index in [1.54, 1.807) is 60.5 Å².